The first kappa shape index (κ1) is 16.1. The first-order valence-corrected chi connectivity index (χ1v) is 7.46. The summed E-state index contributed by atoms with van der Waals surface area (Å²) in [5.74, 6) is -2.91. The predicted molar refractivity (Wildman–Crippen MR) is 82.0 cm³/mol. The fraction of sp³-hybridized carbons (Fsp3) is 0.222. The lowest BCUT2D eigenvalue weighted by Crippen LogP contribution is -2.12. The second kappa shape index (κ2) is 6.39. The number of primary amides is 1. The average molecular weight is 331 g/mol. The molecule has 2 N–H and O–H groups in total. The van der Waals surface area contributed by atoms with Crippen LogP contribution in [0.2, 0.25) is 0 Å². The molecule has 0 aromatic heterocycles. The van der Waals surface area contributed by atoms with Crippen molar-refractivity contribution >= 4 is 11.9 Å². The van der Waals surface area contributed by atoms with Crippen molar-refractivity contribution in [3.63, 3.8) is 0 Å². The molecule has 2 atom stereocenters. The summed E-state index contributed by atoms with van der Waals surface area (Å²) in [6.45, 7) is -0.00515. The zero-order valence-corrected chi connectivity index (χ0v) is 12.7. The highest BCUT2D eigenvalue weighted by atomic mass is 19.1. The van der Waals surface area contributed by atoms with E-state index in [1.165, 1.54) is 0 Å². The van der Waals surface area contributed by atoms with Crippen LogP contribution in [-0.4, -0.2) is 11.9 Å². The first-order valence-electron chi connectivity index (χ1n) is 7.46. The number of halogens is 2. The standard InChI is InChI=1S/C18H15F2NO3/c19-12-4-5-16(20)14(7-12)13-8-15(13)18(23)24-9-10-2-1-3-11(6-10)17(21)22/h1-7,13,15H,8-9H2,(H2,21,22)/t13-,15-/m0/s1. The lowest BCUT2D eigenvalue weighted by Gasteiger charge is -2.06. The van der Waals surface area contributed by atoms with Gasteiger partial charge in [0.2, 0.25) is 5.91 Å². The van der Waals surface area contributed by atoms with Crippen LogP contribution in [0.1, 0.15) is 33.8 Å². The zero-order valence-electron chi connectivity index (χ0n) is 12.7. The van der Waals surface area contributed by atoms with Crippen LogP contribution in [0.5, 0.6) is 0 Å². The second-order valence-electron chi connectivity index (χ2n) is 5.79. The Morgan fingerprint density at radius 1 is 1.17 bits per heavy atom. The molecule has 0 heterocycles. The molecule has 1 amide bonds. The molecule has 4 nitrogen and oxygen atoms in total. The van der Waals surface area contributed by atoms with Gasteiger partial charge in [0.05, 0.1) is 5.92 Å². The van der Waals surface area contributed by atoms with Crippen LogP contribution in [0.25, 0.3) is 0 Å². The van der Waals surface area contributed by atoms with Gasteiger partial charge in [-0.2, -0.15) is 0 Å². The van der Waals surface area contributed by atoms with Gasteiger partial charge in [-0.05, 0) is 47.9 Å². The summed E-state index contributed by atoms with van der Waals surface area (Å²) in [5.41, 5.74) is 6.36. The van der Waals surface area contributed by atoms with Gasteiger partial charge in [0.15, 0.2) is 0 Å². The Morgan fingerprint density at radius 2 is 1.96 bits per heavy atom. The highest BCUT2D eigenvalue weighted by Crippen LogP contribution is 2.49. The van der Waals surface area contributed by atoms with Crippen LogP contribution < -0.4 is 5.73 Å². The Labute approximate surface area is 137 Å². The quantitative estimate of drug-likeness (QED) is 0.857. The summed E-state index contributed by atoms with van der Waals surface area (Å²) in [6.07, 6.45) is 0.431. The molecule has 1 aliphatic rings. The number of amides is 1. The zero-order chi connectivity index (χ0) is 17.3. The van der Waals surface area contributed by atoms with E-state index in [1.54, 1.807) is 24.3 Å². The monoisotopic (exact) mass is 331 g/mol. The molecule has 6 heteroatoms. The van der Waals surface area contributed by atoms with Crippen molar-refractivity contribution in [2.24, 2.45) is 11.7 Å². The lowest BCUT2D eigenvalue weighted by atomic mass is 10.1. The molecular weight excluding hydrogens is 316 g/mol. The molecule has 0 saturated heterocycles. The fourth-order valence-electron chi connectivity index (χ4n) is 2.67. The van der Waals surface area contributed by atoms with Gasteiger partial charge in [-0.15, -0.1) is 0 Å². The third-order valence-electron chi connectivity index (χ3n) is 4.04. The Balaban J connectivity index is 1.60. The van der Waals surface area contributed by atoms with E-state index < -0.39 is 29.4 Å². The summed E-state index contributed by atoms with van der Waals surface area (Å²) in [6, 6.07) is 9.68. The number of carbonyl (C=O) groups excluding carboxylic acids is 2. The predicted octanol–water partition coefficient (Wildman–Crippen LogP) is 2.91. The maximum Gasteiger partial charge on any atom is 0.309 e. The minimum atomic E-state index is -0.563. The molecule has 0 spiro atoms. The van der Waals surface area contributed by atoms with Crippen molar-refractivity contribution in [3.8, 4) is 0 Å². The highest BCUT2D eigenvalue weighted by molar-refractivity contribution is 5.92. The summed E-state index contributed by atoms with van der Waals surface area (Å²) in [7, 11) is 0. The van der Waals surface area contributed by atoms with Crippen molar-refractivity contribution in [2.45, 2.75) is 18.9 Å². The lowest BCUT2D eigenvalue weighted by molar-refractivity contribution is -0.146. The topological polar surface area (TPSA) is 69.4 Å². The van der Waals surface area contributed by atoms with Gasteiger partial charge in [-0.25, -0.2) is 8.78 Å². The van der Waals surface area contributed by atoms with Crippen LogP contribution in [0, 0.1) is 17.6 Å². The molecule has 124 valence electrons. The fourth-order valence-corrected chi connectivity index (χ4v) is 2.67. The summed E-state index contributed by atoms with van der Waals surface area (Å²) < 4.78 is 32.1. The summed E-state index contributed by atoms with van der Waals surface area (Å²) in [5, 5.41) is 0. The third kappa shape index (κ3) is 3.42. The smallest absolute Gasteiger partial charge is 0.309 e. The maximum absolute atomic E-state index is 13.7. The molecule has 1 fully saturated rings. The first-order chi connectivity index (χ1) is 11.5. The average Bonchev–Trinajstić information content (AvgIpc) is 3.35. The van der Waals surface area contributed by atoms with Gasteiger partial charge in [-0.1, -0.05) is 12.1 Å². The Kier molecular flexibility index (Phi) is 4.29. The summed E-state index contributed by atoms with van der Waals surface area (Å²) in [4.78, 5) is 23.2. The highest BCUT2D eigenvalue weighted by Gasteiger charge is 2.46. The van der Waals surface area contributed by atoms with Crippen LogP contribution in [-0.2, 0) is 16.1 Å². The Hall–Kier alpha value is -2.76. The number of rotatable bonds is 5. The van der Waals surface area contributed by atoms with Gasteiger partial charge in [0.25, 0.3) is 0 Å². The van der Waals surface area contributed by atoms with Crippen LogP contribution >= 0.6 is 0 Å². The van der Waals surface area contributed by atoms with E-state index in [4.69, 9.17) is 10.5 Å². The Bertz CT molecular complexity index is 807. The van der Waals surface area contributed by atoms with Gasteiger partial charge < -0.3 is 10.5 Å². The van der Waals surface area contributed by atoms with Crippen LogP contribution in [0.15, 0.2) is 42.5 Å². The molecule has 0 unspecified atom stereocenters. The van der Waals surface area contributed by atoms with Gasteiger partial charge in [-0.3, -0.25) is 9.59 Å². The largest absolute Gasteiger partial charge is 0.461 e. The van der Waals surface area contributed by atoms with E-state index in [0.29, 0.717) is 17.5 Å². The maximum atomic E-state index is 13.7. The van der Waals surface area contributed by atoms with Crippen LogP contribution in [0.4, 0.5) is 8.78 Å². The molecule has 3 rings (SSSR count). The number of carbonyl (C=O) groups is 2. The number of benzene rings is 2. The van der Waals surface area contributed by atoms with E-state index in [9.17, 15) is 18.4 Å². The van der Waals surface area contributed by atoms with E-state index in [2.05, 4.69) is 0 Å². The van der Waals surface area contributed by atoms with Gasteiger partial charge in [0.1, 0.15) is 18.2 Å². The molecular formula is C18H15F2NO3. The van der Waals surface area contributed by atoms with Crippen molar-refractivity contribution < 1.29 is 23.1 Å². The molecule has 2 aromatic carbocycles. The number of hydrogen-bond donors (Lipinski definition) is 1. The SMILES string of the molecule is NC(=O)c1cccc(COC(=O)[C@H]2C[C@H]2c2cc(F)ccc2F)c1. The molecule has 2 aromatic rings. The molecule has 1 aliphatic carbocycles. The number of esters is 1. The van der Waals surface area contributed by atoms with E-state index in [-0.39, 0.29) is 18.1 Å². The molecule has 24 heavy (non-hydrogen) atoms. The molecule has 0 bridgehead atoms. The number of ether oxygens (including phenoxy) is 1. The minimum absolute atomic E-state index is 0.00515. The van der Waals surface area contributed by atoms with E-state index in [0.717, 1.165) is 18.2 Å². The third-order valence-corrected chi connectivity index (χ3v) is 4.04. The van der Waals surface area contributed by atoms with E-state index in [1.807, 2.05) is 0 Å². The molecule has 0 radical (unpaired) electrons. The molecule has 1 saturated carbocycles. The van der Waals surface area contributed by atoms with Gasteiger partial charge in [0, 0.05) is 11.5 Å². The van der Waals surface area contributed by atoms with Gasteiger partial charge >= 0.3 is 5.97 Å². The minimum Gasteiger partial charge on any atom is -0.461 e. The van der Waals surface area contributed by atoms with Crippen molar-refractivity contribution in [1.29, 1.82) is 0 Å². The second-order valence-corrected chi connectivity index (χ2v) is 5.79. The number of hydrogen-bond acceptors (Lipinski definition) is 3. The van der Waals surface area contributed by atoms with E-state index >= 15 is 0 Å². The summed E-state index contributed by atoms with van der Waals surface area (Å²) >= 11 is 0. The Morgan fingerprint density at radius 3 is 2.71 bits per heavy atom. The van der Waals surface area contributed by atoms with Crippen molar-refractivity contribution in [3.05, 3.63) is 70.8 Å². The molecule has 0 aliphatic heterocycles. The van der Waals surface area contributed by atoms with Crippen molar-refractivity contribution in [1.82, 2.24) is 0 Å². The number of nitrogens with two attached hydrogens (primary N) is 1. The van der Waals surface area contributed by atoms with Crippen molar-refractivity contribution in [2.75, 3.05) is 0 Å². The van der Waals surface area contributed by atoms with Crippen LogP contribution in [0.3, 0.4) is 0 Å². The normalized spacial score (nSPS) is 18.9.